The Kier molecular flexibility index (Phi) is 6.21. The largest absolute Gasteiger partial charge is 0.368 e. The summed E-state index contributed by atoms with van der Waals surface area (Å²) in [5.74, 6) is -0.271. The Morgan fingerprint density at radius 3 is 2.36 bits per heavy atom. The van der Waals surface area contributed by atoms with Crippen molar-refractivity contribution in [3.8, 4) is 0 Å². The highest BCUT2D eigenvalue weighted by atomic mass is 16.2. The smallest absolute Gasteiger partial charge is 0.242 e. The van der Waals surface area contributed by atoms with E-state index in [4.69, 9.17) is 5.73 Å². The summed E-state index contributed by atoms with van der Waals surface area (Å²) in [6.45, 7) is 0.514. The summed E-state index contributed by atoms with van der Waals surface area (Å²) < 4.78 is 0. The number of hydrogen-bond donors (Lipinski definition) is 2. The maximum Gasteiger partial charge on any atom is 0.242 e. The molecular weight excluding hydrogens is 282 g/mol. The fourth-order valence-corrected chi connectivity index (χ4v) is 3.53. The number of rotatable bonds is 5. The zero-order valence-corrected chi connectivity index (χ0v) is 13.2. The molecule has 2 aliphatic rings. The highest BCUT2D eigenvalue weighted by molar-refractivity contribution is 5.89. The van der Waals surface area contributed by atoms with E-state index in [0.29, 0.717) is 25.3 Å². The molecule has 1 saturated heterocycles. The average molecular weight is 309 g/mol. The van der Waals surface area contributed by atoms with E-state index in [-0.39, 0.29) is 18.4 Å². The molecular formula is C16H27N3O3. The predicted octanol–water partition coefficient (Wildman–Crippen LogP) is 0.939. The molecule has 0 aromatic carbocycles. The lowest BCUT2D eigenvalue weighted by Gasteiger charge is -2.33. The molecule has 1 aliphatic carbocycles. The third-order valence-electron chi connectivity index (χ3n) is 4.79. The van der Waals surface area contributed by atoms with Crippen molar-refractivity contribution < 1.29 is 14.4 Å². The molecule has 0 bridgehead atoms. The van der Waals surface area contributed by atoms with Gasteiger partial charge in [-0.15, -0.1) is 0 Å². The minimum absolute atomic E-state index is 0.0324. The lowest BCUT2D eigenvalue weighted by Crippen LogP contribution is -2.53. The number of nitrogens with one attached hydrogen (secondary N) is 1. The van der Waals surface area contributed by atoms with Crippen molar-refractivity contribution in [3.05, 3.63) is 0 Å². The zero-order chi connectivity index (χ0) is 15.9. The maximum absolute atomic E-state index is 12.2. The van der Waals surface area contributed by atoms with Crippen molar-refractivity contribution in [1.82, 2.24) is 10.2 Å². The third kappa shape index (κ3) is 4.71. The molecule has 1 aliphatic heterocycles. The van der Waals surface area contributed by atoms with Crippen LogP contribution in [0.5, 0.6) is 0 Å². The maximum atomic E-state index is 12.2. The molecule has 0 aromatic heterocycles. The summed E-state index contributed by atoms with van der Waals surface area (Å²) in [6.07, 6.45) is 8.80. The van der Waals surface area contributed by atoms with Gasteiger partial charge in [-0.3, -0.25) is 14.4 Å². The minimum Gasteiger partial charge on any atom is -0.368 e. The molecule has 1 heterocycles. The Morgan fingerprint density at radius 1 is 1.00 bits per heavy atom. The number of nitrogens with zero attached hydrogens (tertiary/aromatic N) is 1. The summed E-state index contributed by atoms with van der Waals surface area (Å²) in [5, 5.41) is 2.70. The number of primary amides is 1. The Hall–Kier alpha value is -1.59. The van der Waals surface area contributed by atoms with Crippen LogP contribution in [0, 0.1) is 5.92 Å². The number of piperidine rings is 1. The van der Waals surface area contributed by atoms with Crippen LogP contribution in [0.1, 0.15) is 57.8 Å². The molecule has 2 rings (SSSR count). The molecule has 3 N–H and O–H groups in total. The van der Waals surface area contributed by atoms with Crippen molar-refractivity contribution in [2.45, 2.75) is 63.8 Å². The first-order valence-corrected chi connectivity index (χ1v) is 8.43. The Morgan fingerprint density at radius 2 is 1.68 bits per heavy atom. The predicted molar refractivity (Wildman–Crippen MR) is 82.7 cm³/mol. The van der Waals surface area contributed by atoms with E-state index < -0.39 is 11.9 Å². The minimum atomic E-state index is -0.517. The first kappa shape index (κ1) is 16.8. The van der Waals surface area contributed by atoms with Gasteiger partial charge in [0.2, 0.25) is 17.7 Å². The molecule has 1 atom stereocenters. The van der Waals surface area contributed by atoms with Crippen molar-refractivity contribution in [1.29, 1.82) is 0 Å². The lowest BCUT2D eigenvalue weighted by atomic mass is 9.87. The fraction of sp³-hybridized carbons (Fsp3) is 0.812. The van der Waals surface area contributed by atoms with Gasteiger partial charge in [-0.1, -0.05) is 19.3 Å². The van der Waals surface area contributed by atoms with Gasteiger partial charge in [-0.25, -0.2) is 0 Å². The third-order valence-corrected chi connectivity index (χ3v) is 4.79. The van der Waals surface area contributed by atoms with E-state index in [2.05, 4.69) is 5.32 Å². The molecule has 22 heavy (non-hydrogen) atoms. The highest BCUT2D eigenvalue weighted by Crippen LogP contribution is 2.26. The van der Waals surface area contributed by atoms with Crippen LogP contribution in [0.25, 0.3) is 0 Å². The van der Waals surface area contributed by atoms with Crippen molar-refractivity contribution in [2.24, 2.45) is 11.7 Å². The van der Waals surface area contributed by atoms with Crippen LogP contribution < -0.4 is 11.1 Å². The normalized spacial score (nSPS) is 23.1. The zero-order valence-electron chi connectivity index (χ0n) is 13.2. The quantitative estimate of drug-likeness (QED) is 0.791. The van der Waals surface area contributed by atoms with Crippen LogP contribution >= 0.6 is 0 Å². The summed E-state index contributed by atoms with van der Waals surface area (Å²) in [5.41, 5.74) is 5.35. The summed E-state index contributed by atoms with van der Waals surface area (Å²) in [4.78, 5) is 37.1. The Bertz CT molecular complexity index is 419. The van der Waals surface area contributed by atoms with Gasteiger partial charge in [0.25, 0.3) is 0 Å². The lowest BCUT2D eigenvalue weighted by molar-refractivity contribution is -0.141. The average Bonchev–Trinajstić information content (AvgIpc) is 2.53. The molecule has 1 saturated carbocycles. The number of amides is 3. The Balaban J connectivity index is 1.75. The van der Waals surface area contributed by atoms with E-state index in [0.717, 1.165) is 25.7 Å². The number of likely N-dealkylation sites (tertiary alicyclic amines) is 1. The van der Waals surface area contributed by atoms with Gasteiger partial charge in [0, 0.05) is 13.0 Å². The molecule has 0 unspecified atom stereocenters. The fourth-order valence-electron chi connectivity index (χ4n) is 3.53. The van der Waals surface area contributed by atoms with Crippen LogP contribution in [-0.4, -0.2) is 41.8 Å². The Labute approximate surface area is 131 Å². The van der Waals surface area contributed by atoms with Crippen LogP contribution in [0.15, 0.2) is 0 Å². The molecule has 6 heteroatoms. The SMILES string of the molecule is NC(=O)[C@@H]1CCCCN1C(=O)CNC(=O)CC1CCCCC1. The van der Waals surface area contributed by atoms with Gasteiger partial charge < -0.3 is 16.0 Å². The van der Waals surface area contributed by atoms with Gasteiger partial charge in [0.1, 0.15) is 6.04 Å². The number of carbonyl (C=O) groups excluding carboxylic acids is 3. The monoisotopic (exact) mass is 309 g/mol. The van der Waals surface area contributed by atoms with Gasteiger partial charge >= 0.3 is 0 Å². The van der Waals surface area contributed by atoms with Crippen molar-refractivity contribution in [3.63, 3.8) is 0 Å². The van der Waals surface area contributed by atoms with Gasteiger partial charge in [0.15, 0.2) is 0 Å². The summed E-state index contributed by atoms with van der Waals surface area (Å²) >= 11 is 0. The van der Waals surface area contributed by atoms with E-state index in [9.17, 15) is 14.4 Å². The second-order valence-electron chi connectivity index (χ2n) is 6.49. The van der Waals surface area contributed by atoms with Crippen LogP contribution in [-0.2, 0) is 14.4 Å². The van der Waals surface area contributed by atoms with E-state index >= 15 is 0 Å². The van der Waals surface area contributed by atoms with Crippen molar-refractivity contribution >= 4 is 17.7 Å². The molecule has 6 nitrogen and oxygen atoms in total. The summed E-state index contributed by atoms with van der Waals surface area (Å²) in [7, 11) is 0. The molecule has 0 spiro atoms. The van der Waals surface area contributed by atoms with Gasteiger partial charge in [-0.05, 0) is 38.0 Å². The highest BCUT2D eigenvalue weighted by Gasteiger charge is 2.30. The van der Waals surface area contributed by atoms with E-state index in [1.807, 2.05) is 0 Å². The molecule has 0 aromatic rings. The molecule has 2 fully saturated rings. The molecule has 3 amide bonds. The number of carbonyl (C=O) groups is 3. The van der Waals surface area contributed by atoms with Crippen LogP contribution in [0.3, 0.4) is 0 Å². The van der Waals surface area contributed by atoms with Crippen LogP contribution in [0.2, 0.25) is 0 Å². The first-order valence-electron chi connectivity index (χ1n) is 8.43. The van der Waals surface area contributed by atoms with E-state index in [1.165, 1.54) is 24.2 Å². The first-order chi connectivity index (χ1) is 10.6. The van der Waals surface area contributed by atoms with Gasteiger partial charge in [-0.2, -0.15) is 0 Å². The number of nitrogens with two attached hydrogens (primary N) is 1. The molecule has 124 valence electrons. The molecule has 0 radical (unpaired) electrons. The second-order valence-corrected chi connectivity index (χ2v) is 6.49. The second kappa shape index (κ2) is 8.15. The van der Waals surface area contributed by atoms with Crippen molar-refractivity contribution in [2.75, 3.05) is 13.1 Å². The van der Waals surface area contributed by atoms with E-state index in [1.54, 1.807) is 0 Å². The summed E-state index contributed by atoms with van der Waals surface area (Å²) in [6, 6.07) is -0.517. The van der Waals surface area contributed by atoms with Crippen LogP contribution in [0.4, 0.5) is 0 Å². The van der Waals surface area contributed by atoms with Gasteiger partial charge in [0.05, 0.1) is 6.54 Å². The number of hydrogen-bond acceptors (Lipinski definition) is 3. The standard InChI is InChI=1S/C16H27N3O3/c17-16(22)13-8-4-5-9-19(13)15(21)11-18-14(20)10-12-6-2-1-3-7-12/h12-13H,1-11H2,(H2,17,22)(H,18,20)/t13-/m0/s1. The topological polar surface area (TPSA) is 92.5 Å².